The first-order valence-electron chi connectivity index (χ1n) is 10.3. The Labute approximate surface area is 182 Å². The third-order valence-electron chi connectivity index (χ3n) is 5.81. The Bertz CT molecular complexity index is 1110. The minimum Gasteiger partial charge on any atom is -0.336 e. The highest BCUT2D eigenvalue weighted by atomic mass is 32.2. The maximum absolute atomic E-state index is 12.8. The Morgan fingerprint density at radius 3 is 2.26 bits per heavy atom. The maximum atomic E-state index is 12.8. The number of rotatable bonds is 4. The zero-order valence-corrected chi connectivity index (χ0v) is 18.5. The lowest BCUT2D eigenvalue weighted by atomic mass is 10.1. The van der Waals surface area contributed by atoms with Gasteiger partial charge in [0, 0.05) is 56.6 Å². The summed E-state index contributed by atoms with van der Waals surface area (Å²) < 4.78 is 28.3. The van der Waals surface area contributed by atoms with E-state index in [9.17, 15) is 18.0 Å². The first kappa shape index (κ1) is 21.3. The summed E-state index contributed by atoms with van der Waals surface area (Å²) in [4.78, 5) is 30.1. The number of carbonyl (C=O) groups excluding carboxylic acids is 2. The molecule has 1 fully saturated rings. The molecule has 0 unspecified atom stereocenters. The summed E-state index contributed by atoms with van der Waals surface area (Å²) in [6.45, 7) is 5.11. The SMILES string of the molecule is CC(=O)N1CCc2cc(S(=O)(=O)Nc3ccc(C(=O)N4CCN(C)CC4)cc3)ccc21. The zero-order chi connectivity index (χ0) is 22.2. The Hall–Kier alpha value is -2.91. The van der Waals surface area contributed by atoms with Gasteiger partial charge in [-0.2, -0.15) is 0 Å². The van der Waals surface area contributed by atoms with Crippen molar-refractivity contribution in [3.8, 4) is 0 Å². The molecule has 164 valence electrons. The highest BCUT2D eigenvalue weighted by Gasteiger charge is 2.25. The molecule has 0 atom stereocenters. The van der Waals surface area contributed by atoms with E-state index >= 15 is 0 Å². The van der Waals surface area contributed by atoms with Gasteiger partial charge in [0.15, 0.2) is 0 Å². The van der Waals surface area contributed by atoms with Crippen molar-refractivity contribution < 1.29 is 18.0 Å². The van der Waals surface area contributed by atoms with E-state index in [1.807, 2.05) is 11.9 Å². The van der Waals surface area contributed by atoms with Crippen LogP contribution >= 0.6 is 0 Å². The number of anilines is 2. The van der Waals surface area contributed by atoms with Gasteiger partial charge in [0.2, 0.25) is 5.91 Å². The number of carbonyl (C=O) groups is 2. The van der Waals surface area contributed by atoms with Gasteiger partial charge in [0.05, 0.1) is 4.90 Å². The molecule has 31 heavy (non-hydrogen) atoms. The molecule has 2 heterocycles. The second-order valence-electron chi connectivity index (χ2n) is 7.99. The summed E-state index contributed by atoms with van der Waals surface area (Å²) >= 11 is 0. The molecule has 0 radical (unpaired) electrons. The molecule has 1 saturated heterocycles. The molecular weight excluding hydrogens is 416 g/mol. The van der Waals surface area contributed by atoms with Gasteiger partial charge < -0.3 is 14.7 Å². The minimum absolute atomic E-state index is 0.0452. The number of hydrogen-bond donors (Lipinski definition) is 1. The third kappa shape index (κ3) is 4.42. The summed E-state index contributed by atoms with van der Waals surface area (Å²) in [5.41, 5.74) is 2.53. The molecule has 0 aromatic heterocycles. The fourth-order valence-electron chi connectivity index (χ4n) is 3.96. The van der Waals surface area contributed by atoms with Crippen molar-refractivity contribution >= 4 is 33.2 Å². The van der Waals surface area contributed by atoms with Crippen LogP contribution in [-0.2, 0) is 21.2 Å². The second-order valence-corrected chi connectivity index (χ2v) is 9.67. The first-order chi connectivity index (χ1) is 14.7. The molecule has 2 aliphatic heterocycles. The van der Waals surface area contributed by atoms with E-state index in [1.165, 1.54) is 13.0 Å². The normalized spacial score (nSPS) is 16.8. The molecule has 2 amide bonds. The molecule has 9 heteroatoms. The van der Waals surface area contributed by atoms with Gasteiger partial charge >= 0.3 is 0 Å². The molecule has 2 aromatic rings. The van der Waals surface area contributed by atoms with E-state index in [0.29, 0.717) is 37.3 Å². The molecule has 2 aliphatic rings. The number of likely N-dealkylation sites (N-methyl/N-ethyl adjacent to an activating group) is 1. The third-order valence-corrected chi connectivity index (χ3v) is 7.19. The van der Waals surface area contributed by atoms with Crippen LogP contribution < -0.4 is 9.62 Å². The summed E-state index contributed by atoms with van der Waals surface area (Å²) in [6, 6.07) is 11.3. The highest BCUT2D eigenvalue weighted by molar-refractivity contribution is 7.92. The number of sulfonamides is 1. The van der Waals surface area contributed by atoms with Crippen LogP contribution in [-0.4, -0.2) is 69.8 Å². The molecule has 2 aromatic carbocycles. The average molecular weight is 443 g/mol. The van der Waals surface area contributed by atoms with E-state index in [-0.39, 0.29) is 16.7 Å². The highest BCUT2D eigenvalue weighted by Crippen LogP contribution is 2.30. The summed E-state index contributed by atoms with van der Waals surface area (Å²) in [7, 11) is -1.76. The Kier molecular flexibility index (Phi) is 5.72. The number of piperazine rings is 1. The van der Waals surface area contributed by atoms with Crippen molar-refractivity contribution in [1.82, 2.24) is 9.80 Å². The average Bonchev–Trinajstić information content (AvgIpc) is 3.18. The van der Waals surface area contributed by atoms with E-state index in [0.717, 1.165) is 24.3 Å². The van der Waals surface area contributed by atoms with Crippen molar-refractivity contribution in [2.75, 3.05) is 49.4 Å². The van der Waals surface area contributed by atoms with Crippen LogP contribution in [0.2, 0.25) is 0 Å². The second kappa shape index (κ2) is 8.32. The van der Waals surface area contributed by atoms with Crippen molar-refractivity contribution in [2.24, 2.45) is 0 Å². The number of hydrogen-bond acceptors (Lipinski definition) is 5. The molecule has 0 bridgehead atoms. The maximum Gasteiger partial charge on any atom is 0.261 e. The van der Waals surface area contributed by atoms with Crippen molar-refractivity contribution in [1.29, 1.82) is 0 Å². The summed E-state index contributed by atoms with van der Waals surface area (Å²) in [6.07, 6.45) is 0.626. The molecule has 8 nitrogen and oxygen atoms in total. The largest absolute Gasteiger partial charge is 0.336 e. The van der Waals surface area contributed by atoms with Crippen LogP contribution in [0.3, 0.4) is 0 Å². The summed E-state index contributed by atoms with van der Waals surface area (Å²) in [5, 5.41) is 0. The lowest BCUT2D eigenvalue weighted by Gasteiger charge is -2.32. The van der Waals surface area contributed by atoms with E-state index in [2.05, 4.69) is 9.62 Å². The van der Waals surface area contributed by atoms with Crippen LogP contribution in [0.4, 0.5) is 11.4 Å². The predicted molar refractivity (Wildman–Crippen MR) is 119 cm³/mol. The molecule has 0 spiro atoms. The number of benzene rings is 2. The van der Waals surface area contributed by atoms with Crippen LogP contribution in [0, 0.1) is 0 Å². The zero-order valence-electron chi connectivity index (χ0n) is 17.7. The first-order valence-corrected chi connectivity index (χ1v) is 11.7. The lowest BCUT2D eigenvalue weighted by molar-refractivity contribution is -0.116. The van der Waals surface area contributed by atoms with E-state index < -0.39 is 10.0 Å². The molecule has 4 rings (SSSR count). The van der Waals surface area contributed by atoms with Crippen LogP contribution in [0.15, 0.2) is 47.4 Å². The van der Waals surface area contributed by atoms with Crippen molar-refractivity contribution in [3.05, 3.63) is 53.6 Å². The monoisotopic (exact) mass is 442 g/mol. The summed E-state index contributed by atoms with van der Waals surface area (Å²) in [5.74, 6) is -0.102. The molecule has 0 saturated carbocycles. The fraction of sp³-hybridized carbons (Fsp3) is 0.364. The Morgan fingerprint density at radius 2 is 1.61 bits per heavy atom. The van der Waals surface area contributed by atoms with Gasteiger partial charge in [-0.1, -0.05) is 0 Å². The van der Waals surface area contributed by atoms with Gasteiger partial charge in [-0.05, 0) is 61.5 Å². The number of nitrogens with zero attached hydrogens (tertiary/aromatic N) is 3. The van der Waals surface area contributed by atoms with E-state index in [1.54, 1.807) is 41.3 Å². The minimum atomic E-state index is -3.79. The number of fused-ring (bicyclic) bond motifs is 1. The Morgan fingerprint density at radius 1 is 0.935 bits per heavy atom. The predicted octanol–water partition coefficient (Wildman–Crippen LogP) is 1.78. The molecule has 1 N–H and O–H groups in total. The van der Waals surface area contributed by atoms with Crippen LogP contribution in [0.1, 0.15) is 22.8 Å². The van der Waals surface area contributed by atoms with Crippen molar-refractivity contribution in [2.45, 2.75) is 18.2 Å². The smallest absolute Gasteiger partial charge is 0.261 e. The quantitative estimate of drug-likeness (QED) is 0.780. The van der Waals surface area contributed by atoms with Crippen LogP contribution in [0.25, 0.3) is 0 Å². The van der Waals surface area contributed by atoms with E-state index in [4.69, 9.17) is 0 Å². The fourth-order valence-corrected chi connectivity index (χ4v) is 5.07. The topological polar surface area (TPSA) is 90.0 Å². The molecular formula is C22H26N4O4S. The standard InChI is InChI=1S/C22H26N4O4S/c1-16(27)26-10-9-18-15-20(7-8-21(18)26)31(29,30)23-19-5-3-17(4-6-19)22(28)25-13-11-24(2)12-14-25/h3-8,15,23H,9-14H2,1-2H3. The van der Waals surface area contributed by atoms with Gasteiger partial charge in [-0.25, -0.2) is 8.42 Å². The van der Waals surface area contributed by atoms with Gasteiger partial charge in [0.1, 0.15) is 0 Å². The lowest BCUT2D eigenvalue weighted by Crippen LogP contribution is -2.47. The number of nitrogens with one attached hydrogen (secondary N) is 1. The van der Waals surface area contributed by atoms with Crippen molar-refractivity contribution in [3.63, 3.8) is 0 Å². The van der Waals surface area contributed by atoms with Gasteiger partial charge in [-0.3, -0.25) is 14.3 Å². The Balaban J connectivity index is 1.46. The van der Waals surface area contributed by atoms with Gasteiger partial charge in [0.25, 0.3) is 15.9 Å². The molecule has 0 aliphatic carbocycles. The number of amides is 2. The van der Waals surface area contributed by atoms with Crippen LogP contribution in [0.5, 0.6) is 0 Å². The van der Waals surface area contributed by atoms with Gasteiger partial charge in [-0.15, -0.1) is 0 Å².